The summed E-state index contributed by atoms with van der Waals surface area (Å²) < 4.78 is 48.7. The van der Waals surface area contributed by atoms with E-state index in [1.54, 1.807) is 73.7 Å². The summed E-state index contributed by atoms with van der Waals surface area (Å²) in [5.74, 6) is -0.117. The summed E-state index contributed by atoms with van der Waals surface area (Å²) in [7, 11) is -2.70. The molecule has 0 radical (unpaired) electrons. The van der Waals surface area contributed by atoms with Crippen molar-refractivity contribution in [2.75, 3.05) is 65.3 Å². The van der Waals surface area contributed by atoms with Crippen molar-refractivity contribution >= 4 is 45.0 Å². The number of methoxy groups -OCH3 is 1. The zero-order chi connectivity index (χ0) is 36.1. The van der Waals surface area contributed by atoms with Crippen molar-refractivity contribution in [1.82, 2.24) is 14.1 Å². The maximum atomic E-state index is 15.0. The lowest BCUT2D eigenvalue weighted by Gasteiger charge is -2.37. The third-order valence-corrected chi connectivity index (χ3v) is 11.0. The van der Waals surface area contributed by atoms with Gasteiger partial charge in [0.1, 0.15) is 17.5 Å². The Morgan fingerprint density at radius 1 is 0.960 bits per heavy atom. The van der Waals surface area contributed by atoms with E-state index in [-0.39, 0.29) is 37.5 Å². The van der Waals surface area contributed by atoms with Crippen LogP contribution in [0.15, 0.2) is 71.7 Å². The van der Waals surface area contributed by atoms with Gasteiger partial charge in [-0.15, -0.1) is 0 Å². The number of aliphatic hydroxyl groups excluding tert-OH is 1. The van der Waals surface area contributed by atoms with Gasteiger partial charge < -0.3 is 19.3 Å². The molecule has 2 aliphatic heterocycles. The van der Waals surface area contributed by atoms with E-state index in [1.807, 2.05) is 13.8 Å². The normalized spacial score (nSPS) is 20.2. The number of aliphatic hydroxyl groups is 1. The fraction of sp³-hybridized carbons (Fsp3) is 0.444. The Labute approximate surface area is 304 Å². The number of nitrogens with zero attached hydrogens (tertiary/aromatic N) is 4. The fourth-order valence-electron chi connectivity index (χ4n) is 6.39. The molecule has 1 saturated heterocycles. The first kappa shape index (κ1) is 37.9. The highest BCUT2D eigenvalue weighted by Crippen LogP contribution is 2.52. The molecule has 2 aliphatic rings. The van der Waals surface area contributed by atoms with Crippen LogP contribution in [0.1, 0.15) is 43.5 Å². The third kappa shape index (κ3) is 8.06. The lowest BCUT2D eigenvalue weighted by Crippen LogP contribution is -2.50. The Morgan fingerprint density at radius 3 is 2.12 bits per heavy atom. The van der Waals surface area contributed by atoms with Crippen molar-refractivity contribution in [3.63, 3.8) is 0 Å². The van der Waals surface area contributed by atoms with E-state index in [2.05, 4.69) is 9.80 Å². The van der Waals surface area contributed by atoms with Gasteiger partial charge in [-0.1, -0.05) is 47.5 Å². The molecule has 2 atom stereocenters. The molecular weight excluding hydrogens is 703 g/mol. The van der Waals surface area contributed by atoms with Gasteiger partial charge in [-0.25, -0.2) is 22.5 Å². The molecule has 1 N–H and O–H groups in total. The number of carbonyl (C=O) groups excluding carboxylic acids is 1. The predicted octanol–water partition coefficient (Wildman–Crippen LogP) is 4.99. The van der Waals surface area contributed by atoms with Crippen LogP contribution in [0.3, 0.4) is 0 Å². The number of hydrogen-bond acceptors (Lipinski definition) is 10. The van der Waals surface area contributed by atoms with Gasteiger partial charge in [-0.05, 0) is 68.3 Å². The highest BCUT2D eigenvalue weighted by molar-refractivity contribution is 7.89. The summed E-state index contributed by atoms with van der Waals surface area (Å²) >= 11 is 12.7. The molecule has 0 bridgehead atoms. The fourth-order valence-corrected chi connectivity index (χ4v) is 8.33. The van der Waals surface area contributed by atoms with E-state index in [0.717, 1.165) is 0 Å². The average Bonchev–Trinajstić information content (AvgIpc) is 3.46. The highest BCUT2D eigenvalue weighted by Gasteiger charge is 2.60. The summed E-state index contributed by atoms with van der Waals surface area (Å²) in [6.07, 6.45) is -0.282. The van der Waals surface area contributed by atoms with Gasteiger partial charge in [0.2, 0.25) is 15.6 Å². The first-order valence-electron chi connectivity index (χ1n) is 16.6. The number of halogens is 2. The second-order valence-electron chi connectivity index (χ2n) is 12.4. The molecule has 0 amide bonds. The second kappa shape index (κ2) is 16.3. The van der Waals surface area contributed by atoms with E-state index in [4.69, 9.17) is 42.4 Å². The molecule has 1 fully saturated rings. The number of carbonyl (C=O) groups is 1. The molecule has 50 heavy (non-hydrogen) atoms. The van der Waals surface area contributed by atoms with Gasteiger partial charge in [0, 0.05) is 55.4 Å². The molecule has 0 saturated carbocycles. The van der Waals surface area contributed by atoms with Crippen molar-refractivity contribution in [3.8, 4) is 11.5 Å². The highest BCUT2D eigenvalue weighted by atomic mass is 35.5. The van der Waals surface area contributed by atoms with Crippen LogP contribution in [0, 0.1) is 0 Å². The number of hydrogen-bond donors (Lipinski definition) is 1. The molecule has 0 spiro atoms. The Morgan fingerprint density at radius 2 is 1.56 bits per heavy atom. The van der Waals surface area contributed by atoms with Crippen LogP contribution >= 0.6 is 23.2 Å². The molecule has 0 aliphatic carbocycles. The molecule has 14 heteroatoms. The molecule has 2 heterocycles. The first-order chi connectivity index (χ1) is 23.9. The number of aliphatic imine (C=N–C) groups is 1. The zero-order valence-electron chi connectivity index (χ0n) is 28.7. The molecule has 3 aromatic rings. The average molecular weight is 748 g/mol. The monoisotopic (exact) mass is 746 g/mol. The number of ether oxygens (including phenoxy) is 3. The minimum atomic E-state index is -4.23. The van der Waals surface area contributed by atoms with Crippen molar-refractivity contribution < 1.29 is 32.5 Å². The van der Waals surface area contributed by atoms with Gasteiger partial charge in [0.15, 0.2) is 5.84 Å². The van der Waals surface area contributed by atoms with Crippen molar-refractivity contribution in [1.29, 1.82) is 0 Å². The Kier molecular flexibility index (Phi) is 12.3. The Hall–Kier alpha value is -3.39. The van der Waals surface area contributed by atoms with Crippen molar-refractivity contribution in [3.05, 3.63) is 93.5 Å². The Bertz CT molecular complexity index is 1770. The van der Waals surface area contributed by atoms with Gasteiger partial charge in [-0.2, -0.15) is 0 Å². The summed E-state index contributed by atoms with van der Waals surface area (Å²) in [5, 5.41) is 10.2. The van der Waals surface area contributed by atoms with E-state index >= 15 is 0 Å². The maximum Gasteiger partial charge on any atom is 0.341 e. The lowest BCUT2D eigenvalue weighted by molar-refractivity contribution is -0.151. The summed E-state index contributed by atoms with van der Waals surface area (Å²) in [6, 6.07) is 17.2. The van der Waals surface area contributed by atoms with Gasteiger partial charge in [0.25, 0.3) is 0 Å². The quantitative estimate of drug-likeness (QED) is 0.228. The molecule has 270 valence electrons. The van der Waals surface area contributed by atoms with Crippen LogP contribution in [0.5, 0.6) is 11.5 Å². The summed E-state index contributed by atoms with van der Waals surface area (Å²) in [4.78, 5) is 23.9. The van der Waals surface area contributed by atoms with Crippen LogP contribution < -0.4 is 9.47 Å². The van der Waals surface area contributed by atoms with Crippen molar-refractivity contribution in [2.45, 2.75) is 38.5 Å². The van der Waals surface area contributed by atoms with E-state index < -0.39 is 27.6 Å². The molecule has 3 aromatic carbocycles. The minimum absolute atomic E-state index is 0.0269. The largest absolute Gasteiger partial charge is 0.497 e. The van der Waals surface area contributed by atoms with E-state index in [9.17, 15) is 18.3 Å². The number of piperazine rings is 1. The number of esters is 1. The SMILES string of the molecule is CCOC(=O)C1(c2ccc(Cl)cc2)N=C(c2ccc(OC)cc2OC(C)C)N(S(=O)(=O)CCN2CCN(CCO)CC2)C1c1ccc(Cl)cc1. The minimum Gasteiger partial charge on any atom is -0.497 e. The first-order valence-corrected chi connectivity index (χ1v) is 19.0. The Balaban J connectivity index is 1.74. The van der Waals surface area contributed by atoms with Crippen LogP contribution in [-0.2, 0) is 25.1 Å². The topological polar surface area (TPSA) is 121 Å². The van der Waals surface area contributed by atoms with Crippen LogP contribution in [0.25, 0.3) is 0 Å². The standard InChI is InChI=1S/C36H44Cl2N4O7S/c1-5-48-35(44)36(27-8-12-29(38)13-9-27)33(26-6-10-28(37)11-7-26)42(50(45,46)23-21-41-18-16-40(17-19-41)20-22-43)34(39-36)31-15-14-30(47-4)24-32(31)49-25(2)3/h6-15,24-25,33,43H,5,16-23H2,1-4H3. The van der Waals surface area contributed by atoms with Gasteiger partial charge in [0.05, 0.1) is 37.7 Å². The maximum absolute atomic E-state index is 15.0. The van der Waals surface area contributed by atoms with Crippen LogP contribution in [0.2, 0.25) is 10.0 Å². The summed E-state index contributed by atoms with van der Waals surface area (Å²) in [6.45, 7) is 9.08. The van der Waals surface area contributed by atoms with Crippen LogP contribution in [-0.4, -0.2) is 111 Å². The van der Waals surface area contributed by atoms with E-state index in [0.29, 0.717) is 71.0 Å². The number of benzene rings is 3. The lowest BCUT2D eigenvalue weighted by atomic mass is 9.80. The third-order valence-electron chi connectivity index (χ3n) is 8.82. The molecular formula is C36H44Cl2N4O7S. The molecule has 5 rings (SSSR count). The predicted molar refractivity (Wildman–Crippen MR) is 195 cm³/mol. The molecule has 11 nitrogen and oxygen atoms in total. The molecule has 0 aromatic heterocycles. The van der Waals surface area contributed by atoms with Gasteiger partial charge in [-0.3, -0.25) is 9.80 Å². The smallest absolute Gasteiger partial charge is 0.341 e. The number of rotatable bonds is 14. The number of sulfonamides is 1. The number of amidine groups is 1. The van der Waals surface area contributed by atoms with Gasteiger partial charge >= 0.3 is 5.97 Å². The van der Waals surface area contributed by atoms with E-state index in [1.165, 1.54) is 11.4 Å². The molecule has 2 unspecified atom stereocenters. The summed E-state index contributed by atoms with van der Waals surface area (Å²) in [5.41, 5.74) is -0.644. The number of β-amino-alcohol motifs (C(OH)–C–C–N with tert-alkyl or cyclic N) is 1. The second-order valence-corrected chi connectivity index (χ2v) is 15.3. The zero-order valence-corrected chi connectivity index (χ0v) is 31.0. The van der Waals surface area contributed by atoms with Crippen LogP contribution in [0.4, 0.5) is 0 Å². The van der Waals surface area contributed by atoms with Crippen molar-refractivity contribution in [2.24, 2.45) is 4.99 Å².